The zero-order chi connectivity index (χ0) is 53.0. The van der Waals surface area contributed by atoms with Crippen LogP contribution in [0.2, 0.25) is 0 Å². The lowest BCUT2D eigenvalue weighted by Crippen LogP contribution is -2.81. The molecule has 0 radical (unpaired) electrons. The number of aromatic nitrogens is 2. The average Bonchev–Trinajstić information content (AvgIpc) is 3.38. The Morgan fingerprint density at radius 3 is 1.12 bits per heavy atom. The molecular formula is C47H17BF20N2O2. The van der Waals surface area contributed by atoms with Gasteiger partial charge in [-0.1, -0.05) is 72.8 Å². The minimum Gasteiger partial charge on any atom is -0.287 e. The highest BCUT2D eigenvalue weighted by molar-refractivity contribution is 7.20. The van der Waals surface area contributed by atoms with Gasteiger partial charge in [-0.3, -0.25) is 14.6 Å². The lowest BCUT2D eigenvalue weighted by atomic mass is 9.12. The standard InChI is InChI=1S/C24BF20.C23H17N2O2/c26-5-1(6(27)14(35)21(42)13(5)34)25(2-7(28)15(36)22(43)16(37)8(2)29,3-9(30)17(38)23(44)18(39)10(3)31)4-11(32)19(40)24(45)20(41)12(4)33;26-22(18-8-2-1-3-9-18)16-25-14-13-24-15-21(25)23(27)20-12-6-10-17-7-4-5-11-19(17)20/h;1-15H,16H2/q-1;+1. The van der Waals surface area contributed by atoms with E-state index in [0.717, 1.165) is 10.8 Å². The van der Waals surface area contributed by atoms with Gasteiger partial charge in [-0.25, -0.2) is 87.8 Å². The number of hydrogen-bond donors (Lipinski definition) is 0. The zero-order valence-electron chi connectivity index (χ0n) is 34.7. The number of hydrogen-bond acceptors (Lipinski definition) is 3. The molecule has 1 heterocycles. The van der Waals surface area contributed by atoms with E-state index >= 15 is 35.1 Å². The summed E-state index contributed by atoms with van der Waals surface area (Å²) in [6.45, 7) is 0.0817. The maximum Gasteiger partial charge on any atom is 0.272 e. The SMILES string of the molecule is Fc1c(F)c(F)c([B-](c2c(F)c(F)c(F)c(F)c2F)(c2c(F)c(F)c(F)c(F)c2F)c2c(F)c(F)c(F)c(F)c2F)c(F)c1F.O=C(C[n+]1ccncc1C(=O)c1cccc2ccccc12)c1ccccc1. The third-order valence-electron chi connectivity index (χ3n) is 11.2. The Labute approximate surface area is 387 Å². The van der Waals surface area contributed by atoms with Crippen LogP contribution in [0.5, 0.6) is 0 Å². The van der Waals surface area contributed by atoms with E-state index in [1.165, 1.54) is 6.20 Å². The fourth-order valence-corrected chi connectivity index (χ4v) is 8.02. The number of rotatable bonds is 9. The van der Waals surface area contributed by atoms with Gasteiger partial charge in [0.15, 0.2) is 76.0 Å². The molecular weight excluding hydrogens is 1020 g/mol. The molecule has 0 unspecified atom stereocenters. The van der Waals surface area contributed by atoms with Gasteiger partial charge in [0.2, 0.25) is 12.3 Å². The monoisotopic (exact) mass is 1030 g/mol. The highest BCUT2D eigenvalue weighted by Crippen LogP contribution is 2.31. The van der Waals surface area contributed by atoms with Crippen molar-refractivity contribution >= 4 is 50.3 Å². The van der Waals surface area contributed by atoms with Crippen LogP contribution in [-0.4, -0.2) is 22.7 Å². The Hall–Kier alpha value is -8.12. The first-order valence-electron chi connectivity index (χ1n) is 19.6. The molecule has 0 saturated carbocycles. The minimum absolute atomic E-state index is 0.0567. The van der Waals surface area contributed by atoms with Crippen LogP contribution >= 0.6 is 0 Å². The molecule has 0 amide bonds. The molecule has 0 aliphatic heterocycles. The number of fused-ring (bicyclic) bond motifs is 1. The Kier molecular flexibility index (Phi) is 14.1. The molecule has 0 saturated heterocycles. The second kappa shape index (κ2) is 19.6. The van der Waals surface area contributed by atoms with Gasteiger partial charge >= 0.3 is 0 Å². The molecule has 8 rings (SSSR count). The molecule has 0 aliphatic rings. The van der Waals surface area contributed by atoms with Crippen molar-refractivity contribution in [3.8, 4) is 0 Å². The van der Waals surface area contributed by atoms with Crippen LogP contribution < -0.4 is 26.4 Å². The number of halogens is 20. The summed E-state index contributed by atoms with van der Waals surface area (Å²) >= 11 is 0. The normalized spacial score (nSPS) is 11.5. The highest BCUT2D eigenvalue weighted by atomic mass is 19.2. The van der Waals surface area contributed by atoms with Gasteiger partial charge in [0.1, 0.15) is 58.9 Å². The first kappa shape index (κ1) is 51.7. The summed E-state index contributed by atoms with van der Waals surface area (Å²) in [7, 11) is 0. The molecule has 0 N–H and O–H groups in total. The molecule has 72 heavy (non-hydrogen) atoms. The van der Waals surface area contributed by atoms with Crippen molar-refractivity contribution in [2.45, 2.75) is 6.54 Å². The zero-order valence-corrected chi connectivity index (χ0v) is 34.7. The van der Waals surface area contributed by atoms with Crippen LogP contribution in [0.3, 0.4) is 0 Å². The summed E-state index contributed by atoms with van der Waals surface area (Å²) in [5.41, 5.74) is -12.7. The van der Waals surface area contributed by atoms with E-state index in [1.807, 2.05) is 54.6 Å². The van der Waals surface area contributed by atoms with Gasteiger partial charge < -0.3 is 0 Å². The highest BCUT2D eigenvalue weighted by Gasteiger charge is 2.52. The predicted molar refractivity (Wildman–Crippen MR) is 212 cm³/mol. The molecule has 0 atom stereocenters. The molecule has 0 fully saturated rings. The fraction of sp³-hybridized carbons (Fsp3) is 0.0213. The van der Waals surface area contributed by atoms with Crippen LogP contribution in [0.4, 0.5) is 87.8 Å². The molecule has 370 valence electrons. The Balaban J connectivity index is 0.000000238. The molecule has 25 heteroatoms. The molecule has 0 spiro atoms. The first-order valence-corrected chi connectivity index (χ1v) is 19.6. The summed E-state index contributed by atoms with van der Waals surface area (Å²) < 4.78 is 296. The number of benzene rings is 7. The van der Waals surface area contributed by atoms with Crippen molar-refractivity contribution in [1.29, 1.82) is 0 Å². The van der Waals surface area contributed by atoms with Crippen molar-refractivity contribution in [3.05, 3.63) is 225 Å². The molecule has 1 aromatic heterocycles. The average molecular weight is 1030 g/mol. The molecule has 0 aliphatic carbocycles. The third-order valence-corrected chi connectivity index (χ3v) is 11.2. The van der Waals surface area contributed by atoms with Crippen molar-refractivity contribution in [2.24, 2.45) is 0 Å². The number of ketones is 2. The molecule has 8 aromatic rings. The first-order chi connectivity index (χ1) is 33.9. The summed E-state index contributed by atoms with van der Waals surface area (Å²) in [6.07, 6.45) is -2.45. The molecule has 4 nitrogen and oxygen atoms in total. The maximum absolute atomic E-state index is 15.4. The maximum atomic E-state index is 15.4. The van der Waals surface area contributed by atoms with E-state index < -0.39 is 144 Å². The van der Waals surface area contributed by atoms with Crippen LogP contribution in [0.1, 0.15) is 26.4 Å². The number of carbonyl (C=O) groups excluding carboxylic acids is 2. The van der Waals surface area contributed by atoms with Crippen LogP contribution in [0.15, 0.2) is 91.4 Å². The Morgan fingerprint density at radius 1 is 0.403 bits per heavy atom. The molecule has 0 bridgehead atoms. The van der Waals surface area contributed by atoms with Crippen molar-refractivity contribution in [2.75, 3.05) is 0 Å². The van der Waals surface area contributed by atoms with Gasteiger partial charge in [0.05, 0.1) is 6.20 Å². The van der Waals surface area contributed by atoms with Crippen molar-refractivity contribution in [1.82, 2.24) is 4.98 Å². The fourth-order valence-electron chi connectivity index (χ4n) is 8.02. The largest absolute Gasteiger partial charge is 0.287 e. The summed E-state index contributed by atoms with van der Waals surface area (Å²) in [6, 6.07) is 22.5. The number of carbonyl (C=O) groups is 2. The molecule has 7 aromatic carbocycles. The minimum atomic E-state index is -7.22. The van der Waals surface area contributed by atoms with Gasteiger partial charge in [0.25, 0.3) is 11.5 Å². The van der Waals surface area contributed by atoms with Gasteiger partial charge in [0, 0.05) is 11.1 Å². The smallest absolute Gasteiger partial charge is 0.272 e. The van der Waals surface area contributed by atoms with E-state index in [4.69, 9.17) is 0 Å². The number of Topliss-reactive ketones (excluding diaryl/α,β-unsaturated/α-hetero) is 1. The summed E-state index contributed by atoms with van der Waals surface area (Å²) in [4.78, 5) is 29.9. The van der Waals surface area contributed by atoms with Crippen molar-refractivity contribution < 1.29 is 102 Å². The van der Waals surface area contributed by atoms with Gasteiger partial charge in [-0.15, -0.1) is 21.9 Å². The topological polar surface area (TPSA) is 50.9 Å². The predicted octanol–water partition coefficient (Wildman–Crippen LogP) is 9.48. The summed E-state index contributed by atoms with van der Waals surface area (Å²) in [5.74, 6) is -71.6. The van der Waals surface area contributed by atoms with Gasteiger partial charge in [-0.05, 0) is 10.8 Å². The lowest BCUT2D eigenvalue weighted by molar-refractivity contribution is -0.685. The van der Waals surface area contributed by atoms with Crippen LogP contribution in [0, 0.1) is 116 Å². The number of nitrogens with zero attached hydrogens (tertiary/aromatic N) is 2. The van der Waals surface area contributed by atoms with Crippen molar-refractivity contribution in [3.63, 3.8) is 0 Å². The van der Waals surface area contributed by atoms with Crippen LogP contribution in [0.25, 0.3) is 10.8 Å². The summed E-state index contributed by atoms with van der Waals surface area (Å²) in [5, 5.41) is 1.88. The lowest BCUT2D eigenvalue weighted by Gasteiger charge is -2.44. The quantitative estimate of drug-likeness (QED) is 0.0362. The van der Waals surface area contributed by atoms with E-state index in [0.29, 0.717) is 16.8 Å². The second-order valence-corrected chi connectivity index (χ2v) is 15.0. The van der Waals surface area contributed by atoms with Gasteiger partial charge in [-0.2, -0.15) is 4.57 Å². The van der Waals surface area contributed by atoms with E-state index in [9.17, 15) is 62.3 Å². The van der Waals surface area contributed by atoms with E-state index in [2.05, 4.69) is 4.98 Å². The van der Waals surface area contributed by atoms with E-state index in [1.54, 1.807) is 35.2 Å². The van der Waals surface area contributed by atoms with E-state index in [-0.39, 0.29) is 18.1 Å². The van der Waals surface area contributed by atoms with Crippen LogP contribution in [-0.2, 0) is 6.54 Å². The second-order valence-electron chi connectivity index (χ2n) is 15.0. The third kappa shape index (κ3) is 8.14. The Morgan fingerprint density at radius 2 is 0.736 bits per heavy atom. The Bertz CT molecular complexity index is 3170.